The Bertz CT molecular complexity index is 478. The van der Waals surface area contributed by atoms with Crippen LogP contribution in [0.15, 0.2) is 16.7 Å². The van der Waals surface area contributed by atoms with E-state index in [0.29, 0.717) is 9.89 Å². The monoisotopic (exact) mass is 327 g/mol. The standard InChI is InChI=1S/C14H18BrNO3/c1-14(2)5-3-10(4-6-14)19-12-11(13(17)18)7-9(15)8-16-12/h7-8,10H,3-6H2,1-2H3,(H,17,18). The molecule has 1 aliphatic rings. The number of nitrogens with zero attached hydrogens (tertiary/aromatic N) is 1. The van der Waals surface area contributed by atoms with Gasteiger partial charge in [-0.3, -0.25) is 0 Å². The van der Waals surface area contributed by atoms with Crippen LogP contribution in [0.25, 0.3) is 0 Å². The molecular weight excluding hydrogens is 310 g/mol. The van der Waals surface area contributed by atoms with Crippen molar-refractivity contribution in [1.82, 2.24) is 4.98 Å². The second-order valence-corrected chi connectivity index (χ2v) is 6.71. The van der Waals surface area contributed by atoms with Gasteiger partial charge in [0.25, 0.3) is 0 Å². The van der Waals surface area contributed by atoms with E-state index < -0.39 is 5.97 Å². The van der Waals surface area contributed by atoms with Crippen LogP contribution in [0.2, 0.25) is 0 Å². The minimum atomic E-state index is -1.01. The zero-order valence-electron chi connectivity index (χ0n) is 11.1. The van der Waals surface area contributed by atoms with Gasteiger partial charge in [-0.05, 0) is 53.1 Å². The maximum atomic E-state index is 11.2. The summed E-state index contributed by atoms with van der Waals surface area (Å²) in [6.45, 7) is 4.51. The van der Waals surface area contributed by atoms with Gasteiger partial charge in [0.15, 0.2) is 0 Å². The number of rotatable bonds is 3. The minimum absolute atomic E-state index is 0.0693. The second kappa shape index (κ2) is 5.49. The number of aromatic carboxylic acids is 1. The van der Waals surface area contributed by atoms with Crippen molar-refractivity contribution in [2.45, 2.75) is 45.6 Å². The molecule has 1 saturated carbocycles. The van der Waals surface area contributed by atoms with E-state index >= 15 is 0 Å². The van der Waals surface area contributed by atoms with Crippen molar-refractivity contribution in [3.05, 3.63) is 22.3 Å². The third kappa shape index (κ3) is 3.69. The summed E-state index contributed by atoms with van der Waals surface area (Å²) in [5, 5.41) is 9.16. The molecule has 0 saturated heterocycles. The first-order valence-corrected chi connectivity index (χ1v) is 7.22. The summed E-state index contributed by atoms with van der Waals surface area (Å²) in [5.74, 6) is -0.791. The van der Waals surface area contributed by atoms with Crippen LogP contribution in [0.3, 0.4) is 0 Å². The van der Waals surface area contributed by atoms with E-state index in [1.807, 2.05) is 0 Å². The summed E-state index contributed by atoms with van der Waals surface area (Å²) in [5.41, 5.74) is 0.474. The van der Waals surface area contributed by atoms with Gasteiger partial charge in [0.1, 0.15) is 11.7 Å². The van der Waals surface area contributed by atoms with E-state index in [4.69, 9.17) is 9.84 Å². The lowest BCUT2D eigenvalue weighted by Gasteiger charge is -2.34. The molecular formula is C14H18BrNO3. The first kappa shape index (κ1) is 14.3. The highest BCUT2D eigenvalue weighted by Crippen LogP contribution is 2.36. The Morgan fingerprint density at radius 2 is 2.11 bits per heavy atom. The SMILES string of the molecule is CC1(C)CCC(Oc2ncc(Br)cc2C(=O)O)CC1. The fourth-order valence-electron chi connectivity index (χ4n) is 2.32. The number of hydrogen-bond donors (Lipinski definition) is 1. The molecule has 5 heteroatoms. The van der Waals surface area contributed by atoms with Crippen LogP contribution in [-0.4, -0.2) is 22.2 Å². The molecule has 0 aromatic carbocycles. The number of halogens is 1. The number of ether oxygens (including phenoxy) is 1. The number of aromatic nitrogens is 1. The molecule has 1 aliphatic carbocycles. The fourth-order valence-corrected chi connectivity index (χ4v) is 2.65. The lowest BCUT2D eigenvalue weighted by atomic mass is 9.76. The fraction of sp³-hybridized carbons (Fsp3) is 0.571. The summed E-state index contributed by atoms with van der Waals surface area (Å²) in [7, 11) is 0. The van der Waals surface area contributed by atoms with Gasteiger partial charge in [-0.2, -0.15) is 0 Å². The Morgan fingerprint density at radius 1 is 1.47 bits per heavy atom. The highest BCUT2D eigenvalue weighted by atomic mass is 79.9. The third-order valence-electron chi connectivity index (χ3n) is 3.61. The van der Waals surface area contributed by atoms with Gasteiger partial charge in [0, 0.05) is 10.7 Å². The predicted molar refractivity (Wildman–Crippen MR) is 75.6 cm³/mol. The van der Waals surface area contributed by atoms with Crippen LogP contribution in [0.1, 0.15) is 49.9 Å². The van der Waals surface area contributed by atoms with Gasteiger partial charge in [-0.1, -0.05) is 13.8 Å². The Balaban J connectivity index is 2.10. The summed E-state index contributed by atoms with van der Waals surface area (Å²) in [6.07, 6.45) is 5.72. The average Bonchev–Trinajstić information content (AvgIpc) is 2.33. The number of carboxylic acid groups (broad SMARTS) is 1. The quantitative estimate of drug-likeness (QED) is 0.914. The lowest BCUT2D eigenvalue weighted by molar-refractivity contribution is 0.0669. The van der Waals surface area contributed by atoms with Crippen LogP contribution < -0.4 is 4.74 Å². The molecule has 1 heterocycles. The Hall–Kier alpha value is -1.10. The van der Waals surface area contributed by atoms with Crippen molar-refractivity contribution in [2.24, 2.45) is 5.41 Å². The Kier molecular flexibility index (Phi) is 4.13. The van der Waals surface area contributed by atoms with Crippen molar-refractivity contribution in [1.29, 1.82) is 0 Å². The van der Waals surface area contributed by atoms with Crippen molar-refractivity contribution in [3.63, 3.8) is 0 Å². The summed E-state index contributed by atoms with van der Waals surface area (Å²) in [4.78, 5) is 15.3. The molecule has 1 aromatic heterocycles. The van der Waals surface area contributed by atoms with E-state index in [1.54, 1.807) is 6.20 Å². The Labute approximate surface area is 121 Å². The summed E-state index contributed by atoms with van der Waals surface area (Å²) >= 11 is 3.22. The van der Waals surface area contributed by atoms with Gasteiger partial charge < -0.3 is 9.84 Å². The van der Waals surface area contributed by atoms with Crippen LogP contribution in [-0.2, 0) is 0 Å². The van der Waals surface area contributed by atoms with E-state index in [9.17, 15) is 4.79 Å². The van der Waals surface area contributed by atoms with Gasteiger partial charge >= 0.3 is 5.97 Å². The number of hydrogen-bond acceptors (Lipinski definition) is 3. The molecule has 2 rings (SSSR count). The molecule has 104 valence electrons. The molecule has 19 heavy (non-hydrogen) atoms. The zero-order chi connectivity index (χ0) is 14.0. The number of carbonyl (C=O) groups is 1. The summed E-state index contributed by atoms with van der Waals surface area (Å²) < 4.78 is 6.42. The highest BCUT2D eigenvalue weighted by Gasteiger charge is 2.29. The van der Waals surface area contributed by atoms with Crippen molar-refractivity contribution < 1.29 is 14.6 Å². The molecule has 0 spiro atoms. The lowest BCUT2D eigenvalue weighted by Crippen LogP contribution is -2.29. The van der Waals surface area contributed by atoms with Crippen LogP contribution >= 0.6 is 15.9 Å². The van der Waals surface area contributed by atoms with Crippen LogP contribution in [0.5, 0.6) is 5.88 Å². The minimum Gasteiger partial charge on any atom is -0.477 e. The van der Waals surface area contributed by atoms with E-state index in [0.717, 1.165) is 25.7 Å². The van der Waals surface area contributed by atoms with Gasteiger partial charge in [-0.15, -0.1) is 0 Å². The third-order valence-corrected chi connectivity index (χ3v) is 4.05. The number of carboxylic acids is 1. The van der Waals surface area contributed by atoms with E-state index in [-0.39, 0.29) is 17.5 Å². The maximum Gasteiger partial charge on any atom is 0.341 e. The second-order valence-electron chi connectivity index (χ2n) is 5.79. The van der Waals surface area contributed by atoms with Crippen molar-refractivity contribution in [2.75, 3.05) is 0 Å². The predicted octanol–water partition coefficient (Wildman–Crippen LogP) is 3.89. The van der Waals surface area contributed by atoms with Gasteiger partial charge in [0.05, 0.1) is 0 Å². The molecule has 0 bridgehead atoms. The molecule has 1 N–H and O–H groups in total. The highest BCUT2D eigenvalue weighted by molar-refractivity contribution is 9.10. The smallest absolute Gasteiger partial charge is 0.341 e. The molecule has 1 aromatic rings. The molecule has 0 atom stereocenters. The first-order chi connectivity index (χ1) is 8.87. The van der Waals surface area contributed by atoms with E-state index in [2.05, 4.69) is 34.8 Å². The maximum absolute atomic E-state index is 11.2. The van der Waals surface area contributed by atoms with Gasteiger partial charge in [0.2, 0.25) is 5.88 Å². The normalized spacial score (nSPS) is 19.1. The topological polar surface area (TPSA) is 59.4 Å². The molecule has 0 amide bonds. The molecule has 0 aliphatic heterocycles. The summed E-state index contributed by atoms with van der Waals surface area (Å²) in [6, 6.07) is 1.53. The van der Waals surface area contributed by atoms with Crippen molar-refractivity contribution >= 4 is 21.9 Å². The molecule has 1 fully saturated rings. The average molecular weight is 328 g/mol. The van der Waals surface area contributed by atoms with Crippen molar-refractivity contribution in [3.8, 4) is 5.88 Å². The first-order valence-electron chi connectivity index (χ1n) is 6.43. The zero-order valence-corrected chi connectivity index (χ0v) is 12.7. The van der Waals surface area contributed by atoms with Gasteiger partial charge in [-0.25, -0.2) is 9.78 Å². The largest absolute Gasteiger partial charge is 0.477 e. The van der Waals surface area contributed by atoms with E-state index in [1.165, 1.54) is 6.07 Å². The number of pyridine rings is 1. The van der Waals surface area contributed by atoms with Crippen LogP contribution in [0.4, 0.5) is 0 Å². The molecule has 4 nitrogen and oxygen atoms in total. The molecule has 0 unspecified atom stereocenters. The molecule has 0 radical (unpaired) electrons. The Morgan fingerprint density at radius 3 is 2.68 bits per heavy atom. The van der Waals surface area contributed by atoms with Crippen LogP contribution in [0, 0.1) is 5.41 Å².